The Labute approximate surface area is 119 Å². The van der Waals surface area contributed by atoms with Gasteiger partial charge in [0, 0.05) is 18.5 Å². The van der Waals surface area contributed by atoms with Gasteiger partial charge in [-0.2, -0.15) is 10.2 Å². The van der Waals surface area contributed by atoms with Crippen LogP contribution in [0.1, 0.15) is 48.9 Å². The van der Waals surface area contributed by atoms with Gasteiger partial charge < -0.3 is 10.0 Å². The molecule has 1 N–H and O–H groups in total. The summed E-state index contributed by atoms with van der Waals surface area (Å²) in [5.41, 5.74) is 0.595. The van der Waals surface area contributed by atoms with Crippen molar-refractivity contribution >= 4 is 5.91 Å². The topological polar surface area (TPSA) is 66.3 Å². The Morgan fingerprint density at radius 2 is 2.05 bits per heavy atom. The second-order valence-electron chi connectivity index (χ2n) is 5.85. The summed E-state index contributed by atoms with van der Waals surface area (Å²) >= 11 is 0. The fourth-order valence-corrected chi connectivity index (χ4v) is 3.66. The normalized spacial score (nSPS) is 30.4. The Kier molecular flexibility index (Phi) is 3.96. The smallest absolute Gasteiger partial charge is 0.255 e. The van der Waals surface area contributed by atoms with Gasteiger partial charge in [0.1, 0.15) is 0 Å². The van der Waals surface area contributed by atoms with E-state index < -0.39 is 0 Å². The summed E-state index contributed by atoms with van der Waals surface area (Å²) in [6.45, 7) is 0.787. The van der Waals surface area contributed by atoms with Crippen LogP contribution in [0, 0.1) is 5.92 Å². The number of aromatic nitrogens is 2. The lowest BCUT2D eigenvalue weighted by atomic mass is 9.80. The molecule has 3 rings (SSSR count). The van der Waals surface area contributed by atoms with E-state index in [1.54, 1.807) is 12.3 Å². The Balaban J connectivity index is 1.77. The number of rotatable bonds is 2. The summed E-state index contributed by atoms with van der Waals surface area (Å²) in [4.78, 5) is 14.5. The van der Waals surface area contributed by atoms with Gasteiger partial charge in [-0.3, -0.25) is 4.79 Å². The summed E-state index contributed by atoms with van der Waals surface area (Å²) in [7, 11) is 0. The molecule has 0 radical (unpaired) electrons. The molecule has 2 heterocycles. The largest absolute Gasteiger partial charge is 0.393 e. The molecule has 2 aliphatic rings. The summed E-state index contributed by atoms with van der Waals surface area (Å²) in [5.74, 6) is 0.269. The summed E-state index contributed by atoms with van der Waals surface area (Å²) in [5, 5.41) is 17.7. The number of aliphatic hydroxyl groups excluding tert-OH is 1. The van der Waals surface area contributed by atoms with Crippen LogP contribution < -0.4 is 0 Å². The maximum absolute atomic E-state index is 12.6. The molecule has 3 unspecified atom stereocenters. The molecule has 0 spiro atoms. The van der Waals surface area contributed by atoms with Crippen LogP contribution in [0.25, 0.3) is 0 Å². The first-order valence-electron chi connectivity index (χ1n) is 7.53. The monoisotopic (exact) mass is 275 g/mol. The fraction of sp³-hybridized carbons (Fsp3) is 0.667. The molecule has 1 aromatic heterocycles. The Hall–Kier alpha value is -1.49. The first kappa shape index (κ1) is 13.5. The second-order valence-corrected chi connectivity index (χ2v) is 5.85. The van der Waals surface area contributed by atoms with Gasteiger partial charge in [0.15, 0.2) is 0 Å². The number of hydrogen-bond donors (Lipinski definition) is 1. The lowest BCUT2D eigenvalue weighted by Gasteiger charge is -2.37. The molecule has 1 aromatic rings. The van der Waals surface area contributed by atoms with Crippen molar-refractivity contribution in [2.24, 2.45) is 5.92 Å². The minimum absolute atomic E-state index is 0.0279. The lowest BCUT2D eigenvalue weighted by molar-refractivity contribution is 0.0211. The molecule has 1 aliphatic carbocycles. The minimum Gasteiger partial charge on any atom is -0.393 e. The number of carbonyl (C=O) groups is 1. The van der Waals surface area contributed by atoms with Crippen LogP contribution >= 0.6 is 0 Å². The third kappa shape index (κ3) is 2.54. The van der Waals surface area contributed by atoms with Crippen LogP contribution in [0.2, 0.25) is 0 Å². The summed E-state index contributed by atoms with van der Waals surface area (Å²) < 4.78 is 0. The summed E-state index contributed by atoms with van der Waals surface area (Å²) in [6, 6.07) is 1.90. The molecular weight excluding hydrogens is 254 g/mol. The third-order valence-electron chi connectivity index (χ3n) is 4.67. The highest BCUT2D eigenvalue weighted by molar-refractivity contribution is 5.94. The van der Waals surface area contributed by atoms with Gasteiger partial charge in [0.2, 0.25) is 0 Å². The Bertz CT molecular complexity index is 465. The molecule has 3 atom stereocenters. The maximum Gasteiger partial charge on any atom is 0.255 e. The molecule has 1 saturated heterocycles. The maximum atomic E-state index is 12.6. The zero-order valence-corrected chi connectivity index (χ0v) is 11.6. The predicted molar refractivity (Wildman–Crippen MR) is 74.1 cm³/mol. The van der Waals surface area contributed by atoms with E-state index in [0.29, 0.717) is 5.56 Å². The lowest BCUT2D eigenvalue weighted by Crippen LogP contribution is -2.45. The molecule has 20 heavy (non-hydrogen) atoms. The molecule has 1 amide bonds. The van der Waals surface area contributed by atoms with E-state index in [1.807, 2.05) is 4.90 Å². The standard InChI is InChI=1S/C15H21N3O2/c19-14-6-2-1-4-12(14)13-5-3-9-18(13)15(20)11-7-8-16-17-10-11/h7-8,10,12-14,19H,1-6,9H2. The number of nitrogens with zero attached hydrogens (tertiary/aromatic N) is 3. The zero-order valence-electron chi connectivity index (χ0n) is 11.6. The predicted octanol–water partition coefficient (Wildman–Crippen LogP) is 1.63. The van der Waals surface area contributed by atoms with Crippen molar-refractivity contribution in [1.82, 2.24) is 15.1 Å². The zero-order chi connectivity index (χ0) is 13.9. The van der Waals surface area contributed by atoms with Crippen LogP contribution in [-0.4, -0.2) is 44.8 Å². The van der Waals surface area contributed by atoms with Crippen LogP contribution in [0.4, 0.5) is 0 Å². The first-order valence-corrected chi connectivity index (χ1v) is 7.53. The second kappa shape index (κ2) is 5.87. The number of carbonyl (C=O) groups excluding carboxylic acids is 1. The van der Waals surface area contributed by atoms with Crippen LogP contribution in [0.15, 0.2) is 18.5 Å². The van der Waals surface area contributed by atoms with Crippen molar-refractivity contribution in [2.75, 3.05) is 6.54 Å². The highest BCUT2D eigenvalue weighted by Gasteiger charge is 2.39. The number of likely N-dealkylation sites (tertiary alicyclic amines) is 1. The van der Waals surface area contributed by atoms with Crippen molar-refractivity contribution < 1.29 is 9.90 Å². The van der Waals surface area contributed by atoms with Crippen molar-refractivity contribution in [1.29, 1.82) is 0 Å². The molecule has 0 aromatic carbocycles. The van der Waals surface area contributed by atoms with Crippen LogP contribution in [-0.2, 0) is 0 Å². The van der Waals surface area contributed by atoms with Gasteiger partial charge in [-0.25, -0.2) is 0 Å². The highest BCUT2D eigenvalue weighted by atomic mass is 16.3. The van der Waals surface area contributed by atoms with Crippen LogP contribution in [0.5, 0.6) is 0 Å². The van der Waals surface area contributed by atoms with Gasteiger partial charge >= 0.3 is 0 Å². The highest BCUT2D eigenvalue weighted by Crippen LogP contribution is 2.35. The van der Waals surface area contributed by atoms with E-state index in [4.69, 9.17) is 0 Å². The molecule has 1 saturated carbocycles. The van der Waals surface area contributed by atoms with E-state index in [0.717, 1.165) is 45.1 Å². The summed E-state index contributed by atoms with van der Waals surface area (Å²) in [6.07, 6.45) is 9.03. The van der Waals surface area contributed by atoms with Gasteiger partial charge in [-0.1, -0.05) is 12.8 Å². The first-order chi connectivity index (χ1) is 9.77. The SMILES string of the molecule is O=C(c1ccnnc1)N1CCCC1C1CCCCC1O. The van der Waals surface area contributed by atoms with Gasteiger partial charge in [-0.05, 0) is 31.7 Å². The molecule has 5 heteroatoms. The third-order valence-corrected chi connectivity index (χ3v) is 4.67. The molecule has 5 nitrogen and oxygen atoms in total. The molecule has 2 fully saturated rings. The van der Waals surface area contributed by atoms with E-state index in [-0.39, 0.29) is 24.0 Å². The molecular formula is C15H21N3O2. The van der Waals surface area contributed by atoms with Crippen molar-refractivity contribution in [3.63, 3.8) is 0 Å². The van der Waals surface area contributed by atoms with Crippen molar-refractivity contribution in [3.8, 4) is 0 Å². The molecule has 0 bridgehead atoms. The van der Waals surface area contributed by atoms with E-state index in [9.17, 15) is 9.90 Å². The molecule has 108 valence electrons. The Morgan fingerprint density at radius 3 is 2.80 bits per heavy atom. The number of aliphatic hydroxyl groups is 1. The van der Waals surface area contributed by atoms with E-state index >= 15 is 0 Å². The van der Waals surface area contributed by atoms with Gasteiger partial charge in [0.05, 0.1) is 24.1 Å². The number of amides is 1. The molecule has 1 aliphatic heterocycles. The minimum atomic E-state index is -0.252. The average Bonchev–Trinajstić information content (AvgIpc) is 2.97. The fourth-order valence-electron chi connectivity index (χ4n) is 3.66. The van der Waals surface area contributed by atoms with Gasteiger partial charge in [-0.15, -0.1) is 0 Å². The Morgan fingerprint density at radius 1 is 1.20 bits per heavy atom. The van der Waals surface area contributed by atoms with E-state index in [1.165, 1.54) is 6.20 Å². The van der Waals surface area contributed by atoms with Gasteiger partial charge in [0.25, 0.3) is 5.91 Å². The average molecular weight is 275 g/mol. The van der Waals surface area contributed by atoms with Crippen LogP contribution in [0.3, 0.4) is 0 Å². The quantitative estimate of drug-likeness (QED) is 0.891. The number of hydrogen-bond acceptors (Lipinski definition) is 4. The van der Waals surface area contributed by atoms with Crippen molar-refractivity contribution in [2.45, 2.75) is 50.7 Å². The van der Waals surface area contributed by atoms with E-state index in [2.05, 4.69) is 10.2 Å². The van der Waals surface area contributed by atoms with Crippen molar-refractivity contribution in [3.05, 3.63) is 24.0 Å².